The Bertz CT molecular complexity index is 492. The summed E-state index contributed by atoms with van der Waals surface area (Å²) in [7, 11) is 0. The Morgan fingerprint density at radius 1 is 1.45 bits per heavy atom. The molecule has 0 saturated carbocycles. The lowest BCUT2D eigenvalue weighted by Crippen LogP contribution is -2.29. The lowest BCUT2D eigenvalue weighted by Gasteiger charge is -2.17. The molecule has 0 aromatic heterocycles. The van der Waals surface area contributed by atoms with Crippen LogP contribution in [0.25, 0.3) is 0 Å². The minimum Gasteiger partial charge on any atom is -0.470 e. The van der Waals surface area contributed by atoms with Gasteiger partial charge in [0.05, 0.1) is 16.6 Å². The minimum absolute atomic E-state index is 0.0876. The number of carbonyl (C=O) groups is 1. The van der Waals surface area contributed by atoms with E-state index in [1.807, 2.05) is 6.92 Å². The smallest absolute Gasteiger partial charge is 0.347 e. The normalized spacial score (nSPS) is 11.8. The maximum absolute atomic E-state index is 11.8. The van der Waals surface area contributed by atoms with Gasteiger partial charge in [-0.05, 0) is 19.4 Å². The highest BCUT2D eigenvalue weighted by atomic mass is 35.5. The van der Waals surface area contributed by atoms with Crippen LogP contribution in [0.3, 0.4) is 0 Å². The van der Waals surface area contributed by atoms with Crippen LogP contribution < -0.4 is 4.74 Å². The summed E-state index contributed by atoms with van der Waals surface area (Å²) < 4.78 is 10.3. The number of para-hydroxylation sites is 1. The Morgan fingerprint density at radius 3 is 2.70 bits per heavy atom. The summed E-state index contributed by atoms with van der Waals surface area (Å²) in [6, 6.07) is 4.19. The quantitative estimate of drug-likeness (QED) is 0.438. The predicted molar refractivity (Wildman–Crippen MR) is 74.1 cm³/mol. The van der Waals surface area contributed by atoms with E-state index in [9.17, 15) is 14.9 Å². The summed E-state index contributed by atoms with van der Waals surface area (Å²) in [5.74, 6) is -0.658. The van der Waals surface area contributed by atoms with Gasteiger partial charge in [-0.15, -0.1) is 0 Å². The Kier molecular flexibility index (Phi) is 6.24. The summed E-state index contributed by atoms with van der Waals surface area (Å²) >= 11 is 5.92. The molecule has 1 atom stereocenters. The van der Waals surface area contributed by atoms with E-state index in [1.165, 1.54) is 18.2 Å². The molecule has 7 heteroatoms. The molecular formula is C13H16ClNO5. The molecule has 0 fully saturated rings. The number of nitrogens with zero attached hydrogens (tertiary/aromatic N) is 1. The van der Waals surface area contributed by atoms with Crippen LogP contribution in [0, 0.1) is 10.1 Å². The first-order valence-corrected chi connectivity index (χ1v) is 6.65. The van der Waals surface area contributed by atoms with Crippen molar-refractivity contribution in [3.63, 3.8) is 0 Å². The average Bonchev–Trinajstić information content (AvgIpc) is 2.40. The summed E-state index contributed by atoms with van der Waals surface area (Å²) in [5, 5.41) is 11.0. The van der Waals surface area contributed by atoms with Crippen molar-refractivity contribution in [3.05, 3.63) is 33.3 Å². The number of nitro groups is 1. The highest BCUT2D eigenvalue weighted by Gasteiger charge is 2.26. The van der Waals surface area contributed by atoms with Gasteiger partial charge in [-0.1, -0.05) is 31.0 Å². The van der Waals surface area contributed by atoms with Gasteiger partial charge in [0.15, 0.2) is 6.10 Å². The fourth-order valence-corrected chi connectivity index (χ4v) is 1.84. The number of ether oxygens (including phenoxy) is 2. The molecule has 0 saturated heterocycles. The zero-order chi connectivity index (χ0) is 15.1. The van der Waals surface area contributed by atoms with Gasteiger partial charge in [0, 0.05) is 6.07 Å². The SMILES string of the molecule is CCCC(Oc1c(Cl)cccc1[N+](=O)[O-])C(=O)OCC. The first kappa shape index (κ1) is 16.2. The topological polar surface area (TPSA) is 78.7 Å². The molecule has 0 heterocycles. The standard InChI is InChI=1S/C13H16ClNO5/c1-3-6-11(13(16)19-4-2)20-12-9(14)7-5-8-10(12)15(17)18/h5,7-8,11H,3-4,6H2,1-2H3. The Balaban J connectivity index is 3.04. The predicted octanol–water partition coefficient (Wildman–Crippen LogP) is 3.36. The van der Waals surface area contributed by atoms with E-state index >= 15 is 0 Å². The molecule has 0 amide bonds. The third kappa shape index (κ3) is 4.09. The van der Waals surface area contributed by atoms with Gasteiger partial charge >= 0.3 is 11.7 Å². The molecule has 0 aliphatic rings. The average molecular weight is 302 g/mol. The third-order valence-electron chi connectivity index (χ3n) is 2.50. The van der Waals surface area contributed by atoms with E-state index in [2.05, 4.69) is 0 Å². The van der Waals surface area contributed by atoms with Crippen LogP contribution in [0.1, 0.15) is 26.7 Å². The highest BCUT2D eigenvalue weighted by molar-refractivity contribution is 6.32. The molecule has 110 valence electrons. The first-order chi connectivity index (χ1) is 9.51. The summed E-state index contributed by atoms with van der Waals surface area (Å²) in [6.07, 6.45) is 0.154. The van der Waals surface area contributed by atoms with Crippen molar-refractivity contribution in [2.45, 2.75) is 32.8 Å². The fourth-order valence-electron chi connectivity index (χ4n) is 1.62. The van der Waals surface area contributed by atoms with Crippen molar-refractivity contribution < 1.29 is 19.2 Å². The van der Waals surface area contributed by atoms with Crippen molar-refractivity contribution in [2.75, 3.05) is 6.61 Å². The van der Waals surface area contributed by atoms with Crippen molar-refractivity contribution in [2.24, 2.45) is 0 Å². The molecule has 1 rings (SSSR count). The Morgan fingerprint density at radius 2 is 2.15 bits per heavy atom. The first-order valence-electron chi connectivity index (χ1n) is 6.27. The van der Waals surface area contributed by atoms with Crippen molar-refractivity contribution in [3.8, 4) is 5.75 Å². The van der Waals surface area contributed by atoms with Crippen molar-refractivity contribution in [1.29, 1.82) is 0 Å². The molecule has 1 unspecified atom stereocenters. The summed E-state index contributed by atoms with van der Waals surface area (Å²) in [5.41, 5.74) is -0.275. The molecule has 20 heavy (non-hydrogen) atoms. The third-order valence-corrected chi connectivity index (χ3v) is 2.80. The highest BCUT2D eigenvalue weighted by Crippen LogP contribution is 2.35. The Labute approximate surface area is 121 Å². The molecule has 0 aliphatic carbocycles. The van der Waals surface area contributed by atoms with Crippen LogP contribution in [-0.4, -0.2) is 23.6 Å². The monoisotopic (exact) mass is 301 g/mol. The zero-order valence-corrected chi connectivity index (χ0v) is 12.1. The van der Waals surface area contributed by atoms with Crippen molar-refractivity contribution >= 4 is 23.3 Å². The van der Waals surface area contributed by atoms with Gasteiger partial charge < -0.3 is 9.47 Å². The van der Waals surface area contributed by atoms with Crippen LogP contribution in [0.15, 0.2) is 18.2 Å². The van der Waals surface area contributed by atoms with Gasteiger partial charge in [-0.2, -0.15) is 0 Å². The maximum atomic E-state index is 11.8. The number of esters is 1. The van der Waals surface area contributed by atoms with E-state index in [0.717, 1.165) is 0 Å². The van der Waals surface area contributed by atoms with Gasteiger partial charge in [0.1, 0.15) is 0 Å². The van der Waals surface area contributed by atoms with E-state index in [4.69, 9.17) is 21.1 Å². The van der Waals surface area contributed by atoms with Crippen molar-refractivity contribution in [1.82, 2.24) is 0 Å². The molecule has 0 N–H and O–H groups in total. The number of rotatable bonds is 7. The largest absolute Gasteiger partial charge is 0.470 e. The molecule has 0 bridgehead atoms. The minimum atomic E-state index is -0.904. The van der Waals surface area contributed by atoms with E-state index in [-0.39, 0.29) is 23.1 Å². The molecule has 0 spiro atoms. The fraction of sp³-hybridized carbons (Fsp3) is 0.462. The zero-order valence-electron chi connectivity index (χ0n) is 11.3. The molecule has 1 aromatic rings. The van der Waals surface area contributed by atoms with Crippen LogP contribution in [0.2, 0.25) is 5.02 Å². The van der Waals surface area contributed by atoms with Gasteiger partial charge in [0.25, 0.3) is 0 Å². The lowest BCUT2D eigenvalue weighted by molar-refractivity contribution is -0.386. The number of halogens is 1. The second-order valence-electron chi connectivity index (χ2n) is 3.99. The molecule has 0 radical (unpaired) electrons. The van der Waals surface area contributed by atoms with Gasteiger partial charge in [-0.3, -0.25) is 10.1 Å². The number of carbonyl (C=O) groups excluding carboxylic acids is 1. The van der Waals surface area contributed by atoms with Gasteiger partial charge in [-0.25, -0.2) is 4.79 Å². The van der Waals surface area contributed by atoms with Crippen LogP contribution in [-0.2, 0) is 9.53 Å². The van der Waals surface area contributed by atoms with Crippen LogP contribution in [0.4, 0.5) is 5.69 Å². The van der Waals surface area contributed by atoms with Crippen LogP contribution >= 0.6 is 11.6 Å². The van der Waals surface area contributed by atoms with E-state index in [1.54, 1.807) is 6.92 Å². The molecule has 0 aliphatic heterocycles. The molecular weight excluding hydrogens is 286 g/mol. The number of benzene rings is 1. The van der Waals surface area contributed by atoms with E-state index in [0.29, 0.717) is 12.8 Å². The van der Waals surface area contributed by atoms with Crippen LogP contribution in [0.5, 0.6) is 5.75 Å². The summed E-state index contributed by atoms with van der Waals surface area (Å²) in [4.78, 5) is 22.1. The second kappa shape index (κ2) is 7.69. The number of hydrogen-bond acceptors (Lipinski definition) is 5. The molecule has 1 aromatic carbocycles. The molecule has 6 nitrogen and oxygen atoms in total. The van der Waals surface area contributed by atoms with Gasteiger partial charge in [0.2, 0.25) is 5.75 Å². The summed E-state index contributed by atoms with van der Waals surface area (Å²) in [6.45, 7) is 3.77. The second-order valence-corrected chi connectivity index (χ2v) is 4.40. The number of hydrogen-bond donors (Lipinski definition) is 0. The number of nitro benzene ring substituents is 1. The maximum Gasteiger partial charge on any atom is 0.347 e. The van der Waals surface area contributed by atoms with E-state index < -0.39 is 17.0 Å². The Hall–Kier alpha value is -1.82. The lowest BCUT2D eigenvalue weighted by atomic mass is 10.2.